The normalized spacial score (nSPS) is 19.1. The second-order valence-corrected chi connectivity index (χ2v) is 15.9. The minimum Gasteiger partial charge on any atom is -0.453 e. The van der Waals surface area contributed by atoms with E-state index in [4.69, 9.17) is 9.47 Å². The van der Waals surface area contributed by atoms with E-state index >= 15 is 0 Å². The molecule has 2 saturated carbocycles. The van der Waals surface area contributed by atoms with Gasteiger partial charge in [-0.15, -0.1) is 0 Å². The maximum atomic E-state index is 6.90. The lowest BCUT2D eigenvalue weighted by Gasteiger charge is -2.39. The summed E-state index contributed by atoms with van der Waals surface area (Å²) < 4.78 is 13.7. The smallest absolute Gasteiger partial charge is 0.153 e. The van der Waals surface area contributed by atoms with Crippen molar-refractivity contribution in [3.63, 3.8) is 0 Å². The zero-order valence-electron chi connectivity index (χ0n) is 31.2. The Labute approximate surface area is 307 Å². The number of fused-ring (bicyclic) bond motifs is 4. The molecule has 0 bridgehead atoms. The van der Waals surface area contributed by atoms with Gasteiger partial charge in [0.25, 0.3) is 0 Å². The number of ether oxygens (including phenoxy) is 2. The van der Waals surface area contributed by atoms with E-state index in [9.17, 15) is 0 Å². The first-order valence-electron chi connectivity index (χ1n) is 20.6. The summed E-state index contributed by atoms with van der Waals surface area (Å²) in [6.45, 7) is 4.74. The second-order valence-electron chi connectivity index (χ2n) is 15.9. The molecule has 0 atom stereocenters. The molecular formula is C47H58N2O2. The Morgan fingerprint density at radius 2 is 1.04 bits per heavy atom. The van der Waals surface area contributed by atoms with Gasteiger partial charge in [-0.2, -0.15) is 0 Å². The van der Waals surface area contributed by atoms with Gasteiger partial charge in [0.05, 0.1) is 28.4 Å². The highest BCUT2D eigenvalue weighted by atomic mass is 16.5. The average Bonchev–Trinajstić information content (AvgIpc) is 3.22. The molecule has 2 aliphatic carbocycles. The molecule has 4 aromatic carbocycles. The molecular weight excluding hydrogens is 625 g/mol. The van der Waals surface area contributed by atoms with E-state index in [0.29, 0.717) is 11.8 Å². The summed E-state index contributed by atoms with van der Waals surface area (Å²) in [5.74, 6) is 4.72. The largest absolute Gasteiger partial charge is 0.453 e. The van der Waals surface area contributed by atoms with Gasteiger partial charge >= 0.3 is 0 Å². The summed E-state index contributed by atoms with van der Waals surface area (Å²) in [6, 6.07) is 24.0. The van der Waals surface area contributed by atoms with Crippen molar-refractivity contribution >= 4 is 28.4 Å². The van der Waals surface area contributed by atoms with Crippen LogP contribution in [0.5, 0.6) is 23.0 Å². The molecule has 4 heteroatoms. The monoisotopic (exact) mass is 682 g/mol. The van der Waals surface area contributed by atoms with E-state index in [2.05, 4.69) is 90.8 Å². The van der Waals surface area contributed by atoms with Crippen LogP contribution in [-0.2, 0) is 0 Å². The highest BCUT2D eigenvalue weighted by Gasteiger charge is 2.35. The lowest BCUT2D eigenvalue weighted by atomic mass is 9.82. The number of nitrogens with one attached hydrogen (secondary N) is 1. The minimum absolute atomic E-state index is 0.476. The zero-order chi connectivity index (χ0) is 34.6. The third-order valence-electron chi connectivity index (χ3n) is 12.4. The standard InChI is InChI=1S/C47H58N2O2/c1-33-30-31-42-47(44(33)35-22-14-10-8-5-9-11-15-23-35)49(38-27-19-21-29-41(38)51-42)39-32-43-46(48-37-26-18-20-28-40(37)50-43)45(34(39)2)36-24-16-12-6-3-4-7-13-17-25-36/h18-21,26-32,35-36,48H,3-17,22-25H2,1-2H3. The van der Waals surface area contributed by atoms with Crippen molar-refractivity contribution in [3.8, 4) is 23.0 Å². The summed E-state index contributed by atoms with van der Waals surface area (Å²) in [5.41, 5.74) is 11.5. The molecule has 0 unspecified atom stereocenters. The molecule has 2 heterocycles. The van der Waals surface area contributed by atoms with E-state index < -0.39 is 0 Å². The molecule has 4 nitrogen and oxygen atoms in total. The Hall–Kier alpha value is -3.92. The van der Waals surface area contributed by atoms with Crippen molar-refractivity contribution < 1.29 is 9.47 Å². The summed E-state index contributed by atoms with van der Waals surface area (Å²) in [4.78, 5) is 2.59. The second kappa shape index (κ2) is 15.8. The molecule has 0 radical (unpaired) electrons. The van der Waals surface area contributed by atoms with Crippen molar-refractivity contribution in [1.82, 2.24) is 0 Å². The molecule has 268 valence electrons. The molecule has 8 rings (SSSR count). The predicted octanol–water partition coefficient (Wildman–Crippen LogP) is 15.3. The number of benzene rings is 4. The van der Waals surface area contributed by atoms with Crippen LogP contribution in [0, 0.1) is 13.8 Å². The predicted molar refractivity (Wildman–Crippen MR) is 214 cm³/mol. The Bertz CT molecular complexity index is 1810. The number of hydrogen-bond donors (Lipinski definition) is 1. The maximum Gasteiger partial charge on any atom is 0.153 e. The van der Waals surface area contributed by atoms with Crippen molar-refractivity contribution in [2.24, 2.45) is 0 Å². The summed E-state index contributed by atoms with van der Waals surface area (Å²) in [6.07, 6.45) is 25.1. The first kappa shape index (κ1) is 34.2. The number of nitrogens with zero attached hydrogens (tertiary/aromatic N) is 1. The van der Waals surface area contributed by atoms with Crippen LogP contribution in [0.3, 0.4) is 0 Å². The molecule has 4 aromatic rings. The number of rotatable bonds is 3. The van der Waals surface area contributed by atoms with E-state index in [0.717, 1.165) is 34.4 Å². The molecule has 1 N–H and O–H groups in total. The van der Waals surface area contributed by atoms with Crippen molar-refractivity contribution in [3.05, 3.63) is 89.0 Å². The summed E-state index contributed by atoms with van der Waals surface area (Å²) in [7, 11) is 0. The Morgan fingerprint density at radius 1 is 0.510 bits per heavy atom. The lowest BCUT2D eigenvalue weighted by molar-refractivity contribution is 0.453. The lowest BCUT2D eigenvalue weighted by Crippen LogP contribution is -2.22. The van der Waals surface area contributed by atoms with Gasteiger partial charge < -0.3 is 19.7 Å². The van der Waals surface area contributed by atoms with E-state index in [-0.39, 0.29) is 0 Å². The van der Waals surface area contributed by atoms with Gasteiger partial charge in [-0.05, 0) is 104 Å². The quantitative estimate of drug-likeness (QED) is 0.201. The highest BCUT2D eigenvalue weighted by Crippen LogP contribution is 2.58. The van der Waals surface area contributed by atoms with Crippen LogP contribution in [0.15, 0.2) is 66.7 Å². The topological polar surface area (TPSA) is 33.7 Å². The molecule has 2 fully saturated rings. The van der Waals surface area contributed by atoms with Gasteiger partial charge in [-0.25, -0.2) is 0 Å². The first-order chi connectivity index (χ1) is 25.2. The molecule has 0 amide bonds. The fourth-order valence-corrected chi connectivity index (χ4v) is 9.73. The number of anilines is 5. The number of hydrogen-bond acceptors (Lipinski definition) is 4. The van der Waals surface area contributed by atoms with Crippen LogP contribution in [-0.4, -0.2) is 0 Å². The van der Waals surface area contributed by atoms with Gasteiger partial charge in [0.15, 0.2) is 23.0 Å². The van der Waals surface area contributed by atoms with E-state index in [1.165, 1.54) is 161 Å². The molecule has 0 spiro atoms. The molecule has 0 saturated heterocycles. The van der Waals surface area contributed by atoms with Gasteiger partial charge in [-0.1, -0.05) is 127 Å². The van der Waals surface area contributed by atoms with Crippen LogP contribution >= 0.6 is 0 Å². The minimum atomic E-state index is 0.476. The molecule has 4 aliphatic rings. The maximum absolute atomic E-state index is 6.90. The third-order valence-corrected chi connectivity index (χ3v) is 12.4. The molecule has 0 aromatic heterocycles. The van der Waals surface area contributed by atoms with Crippen LogP contribution in [0.2, 0.25) is 0 Å². The van der Waals surface area contributed by atoms with Gasteiger partial charge in [-0.3, -0.25) is 0 Å². The van der Waals surface area contributed by atoms with E-state index in [1.807, 2.05) is 0 Å². The summed E-state index contributed by atoms with van der Waals surface area (Å²) in [5, 5.41) is 3.92. The van der Waals surface area contributed by atoms with Gasteiger partial charge in [0, 0.05) is 6.07 Å². The van der Waals surface area contributed by atoms with Crippen LogP contribution < -0.4 is 19.7 Å². The SMILES string of the molecule is Cc1ccc2c(c1C1CCCCCCCCC1)N(c1cc3c(c(C4CCCCCCCCCC4)c1C)Nc1ccccc1O3)c1ccccc1O2. The Morgan fingerprint density at radius 3 is 1.69 bits per heavy atom. The fraction of sp³-hybridized carbons (Fsp3) is 0.489. The Balaban J connectivity index is 1.32. The van der Waals surface area contributed by atoms with Crippen LogP contribution in [0.25, 0.3) is 0 Å². The zero-order valence-corrected chi connectivity index (χ0v) is 31.2. The van der Waals surface area contributed by atoms with Crippen molar-refractivity contribution in [2.75, 3.05) is 10.2 Å². The van der Waals surface area contributed by atoms with Crippen LogP contribution in [0.1, 0.15) is 156 Å². The number of para-hydroxylation sites is 4. The van der Waals surface area contributed by atoms with Crippen LogP contribution in [0.4, 0.5) is 28.4 Å². The Kier molecular flexibility index (Phi) is 10.6. The van der Waals surface area contributed by atoms with Gasteiger partial charge in [0.2, 0.25) is 0 Å². The van der Waals surface area contributed by atoms with Crippen molar-refractivity contribution in [2.45, 2.75) is 148 Å². The third kappa shape index (κ3) is 7.13. The summed E-state index contributed by atoms with van der Waals surface area (Å²) >= 11 is 0. The average molecular weight is 683 g/mol. The molecule has 51 heavy (non-hydrogen) atoms. The molecule has 2 aliphatic heterocycles. The van der Waals surface area contributed by atoms with Crippen molar-refractivity contribution in [1.29, 1.82) is 0 Å². The fourth-order valence-electron chi connectivity index (χ4n) is 9.73. The van der Waals surface area contributed by atoms with Gasteiger partial charge in [0.1, 0.15) is 0 Å². The number of aryl methyl sites for hydroxylation is 1. The highest BCUT2D eigenvalue weighted by molar-refractivity contribution is 5.93. The van der Waals surface area contributed by atoms with E-state index in [1.54, 1.807) is 0 Å². The first-order valence-corrected chi connectivity index (χ1v) is 20.6.